The van der Waals surface area contributed by atoms with Crippen molar-refractivity contribution in [1.82, 2.24) is 4.90 Å². The number of benzene rings is 2. The Morgan fingerprint density at radius 2 is 1.64 bits per heavy atom. The third kappa shape index (κ3) is 4.15. The molecule has 6 nitrogen and oxygen atoms in total. The van der Waals surface area contributed by atoms with Crippen molar-refractivity contribution in [2.24, 2.45) is 0 Å². The van der Waals surface area contributed by atoms with Gasteiger partial charge in [-0.05, 0) is 36.2 Å². The first-order valence-corrected chi connectivity index (χ1v) is 7.84. The van der Waals surface area contributed by atoms with Crippen molar-refractivity contribution in [2.45, 2.75) is 6.42 Å². The molecule has 0 aliphatic heterocycles. The highest BCUT2D eigenvalue weighted by atomic mass is 16.5. The minimum absolute atomic E-state index is 0.0212. The van der Waals surface area contributed by atoms with Crippen LogP contribution in [0.1, 0.15) is 15.9 Å². The van der Waals surface area contributed by atoms with Gasteiger partial charge in [0.2, 0.25) is 5.75 Å². The molecule has 0 fully saturated rings. The Hall–Kier alpha value is -2.89. The first-order valence-electron chi connectivity index (χ1n) is 7.84. The SMILES string of the molecule is COc1cc(CCN(C)C(=O)c2ccccc2O)cc(OC)c1OC. The molecule has 0 spiro atoms. The second kappa shape index (κ2) is 8.28. The third-order valence-corrected chi connectivity index (χ3v) is 3.94. The predicted octanol–water partition coefficient (Wildman–Crippen LogP) is 2.73. The van der Waals surface area contributed by atoms with Crippen molar-refractivity contribution >= 4 is 5.91 Å². The molecule has 0 aliphatic rings. The molecule has 2 aromatic carbocycles. The molecule has 0 unspecified atom stereocenters. The number of carbonyl (C=O) groups excluding carboxylic acids is 1. The van der Waals surface area contributed by atoms with Gasteiger partial charge in [0.15, 0.2) is 11.5 Å². The van der Waals surface area contributed by atoms with E-state index in [0.29, 0.717) is 30.2 Å². The van der Waals surface area contributed by atoms with Gasteiger partial charge in [0.1, 0.15) is 5.75 Å². The second-order valence-corrected chi connectivity index (χ2v) is 5.53. The maximum atomic E-state index is 12.4. The van der Waals surface area contributed by atoms with Crippen LogP contribution in [0.15, 0.2) is 36.4 Å². The summed E-state index contributed by atoms with van der Waals surface area (Å²) in [5, 5.41) is 9.81. The van der Waals surface area contributed by atoms with Crippen molar-refractivity contribution in [3.05, 3.63) is 47.5 Å². The molecule has 1 amide bonds. The van der Waals surface area contributed by atoms with Gasteiger partial charge in [0.05, 0.1) is 26.9 Å². The third-order valence-electron chi connectivity index (χ3n) is 3.94. The van der Waals surface area contributed by atoms with Crippen molar-refractivity contribution in [1.29, 1.82) is 0 Å². The number of rotatable bonds is 7. The van der Waals surface area contributed by atoms with Crippen LogP contribution in [0.5, 0.6) is 23.0 Å². The van der Waals surface area contributed by atoms with E-state index in [4.69, 9.17) is 14.2 Å². The molecule has 6 heteroatoms. The molecule has 0 aliphatic carbocycles. The Morgan fingerprint density at radius 1 is 1.04 bits per heavy atom. The number of likely N-dealkylation sites (N-methyl/N-ethyl adjacent to an activating group) is 1. The molecule has 0 saturated heterocycles. The van der Waals surface area contributed by atoms with Crippen LogP contribution >= 0.6 is 0 Å². The molecule has 0 heterocycles. The molecule has 0 atom stereocenters. The summed E-state index contributed by atoms with van der Waals surface area (Å²) in [5.74, 6) is 1.43. The van der Waals surface area contributed by atoms with Crippen molar-refractivity contribution < 1.29 is 24.1 Å². The largest absolute Gasteiger partial charge is 0.507 e. The number of hydrogen-bond donors (Lipinski definition) is 1. The van der Waals surface area contributed by atoms with E-state index < -0.39 is 0 Å². The van der Waals surface area contributed by atoms with Gasteiger partial charge in [-0.1, -0.05) is 12.1 Å². The summed E-state index contributed by atoms with van der Waals surface area (Å²) in [4.78, 5) is 14.0. The number of phenols is 1. The maximum Gasteiger partial charge on any atom is 0.257 e. The Kier molecular flexibility index (Phi) is 6.11. The van der Waals surface area contributed by atoms with E-state index in [-0.39, 0.29) is 17.2 Å². The maximum absolute atomic E-state index is 12.4. The highest BCUT2D eigenvalue weighted by Gasteiger charge is 2.17. The van der Waals surface area contributed by atoms with Gasteiger partial charge < -0.3 is 24.2 Å². The first-order chi connectivity index (χ1) is 12.0. The van der Waals surface area contributed by atoms with Crippen LogP contribution < -0.4 is 14.2 Å². The molecule has 0 bridgehead atoms. The topological polar surface area (TPSA) is 68.2 Å². The Labute approximate surface area is 147 Å². The molecule has 2 aromatic rings. The van der Waals surface area contributed by atoms with Crippen molar-refractivity contribution in [3.8, 4) is 23.0 Å². The molecule has 25 heavy (non-hydrogen) atoms. The zero-order valence-electron chi connectivity index (χ0n) is 14.9. The number of nitrogens with zero attached hydrogens (tertiary/aromatic N) is 1. The van der Waals surface area contributed by atoms with Gasteiger partial charge in [0, 0.05) is 13.6 Å². The number of hydrogen-bond acceptors (Lipinski definition) is 5. The molecular formula is C19H23NO5. The van der Waals surface area contributed by atoms with Crippen LogP contribution in [0.4, 0.5) is 0 Å². The van der Waals surface area contributed by atoms with E-state index in [1.165, 1.54) is 6.07 Å². The quantitative estimate of drug-likeness (QED) is 0.836. The van der Waals surface area contributed by atoms with E-state index in [9.17, 15) is 9.90 Å². The lowest BCUT2D eigenvalue weighted by Gasteiger charge is -2.19. The van der Waals surface area contributed by atoms with Crippen molar-refractivity contribution in [3.63, 3.8) is 0 Å². The number of para-hydroxylation sites is 1. The van der Waals surface area contributed by atoms with Crippen LogP contribution in [0.3, 0.4) is 0 Å². The fraction of sp³-hybridized carbons (Fsp3) is 0.316. The average molecular weight is 345 g/mol. The molecule has 134 valence electrons. The molecule has 2 rings (SSSR count). The first kappa shape index (κ1) is 18.4. The summed E-state index contributed by atoms with van der Waals surface area (Å²) in [6.07, 6.45) is 0.604. The average Bonchev–Trinajstić information content (AvgIpc) is 2.64. The Bertz CT molecular complexity index is 719. The van der Waals surface area contributed by atoms with Crippen LogP contribution in [-0.2, 0) is 6.42 Å². The number of aromatic hydroxyl groups is 1. The van der Waals surface area contributed by atoms with E-state index in [1.807, 2.05) is 12.1 Å². The number of amides is 1. The van der Waals surface area contributed by atoms with Gasteiger partial charge in [-0.3, -0.25) is 4.79 Å². The van der Waals surface area contributed by atoms with Crippen LogP contribution in [0, 0.1) is 0 Å². The van der Waals surface area contributed by atoms with Gasteiger partial charge in [0.25, 0.3) is 5.91 Å². The highest BCUT2D eigenvalue weighted by Crippen LogP contribution is 2.38. The highest BCUT2D eigenvalue weighted by molar-refractivity contribution is 5.96. The van der Waals surface area contributed by atoms with E-state index in [1.54, 1.807) is 51.5 Å². The summed E-state index contributed by atoms with van der Waals surface area (Å²) in [7, 11) is 6.38. The summed E-state index contributed by atoms with van der Waals surface area (Å²) >= 11 is 0. The number of carbonyl (C=O) groups is 1. The number of phenolic OH excluding ortho intramolecular Hbond substituents is 1. The number of ether oxygens (including phenoxy) is 3. The predicted molar refractivity (Wildman–Crippen MR) is 94.9 cm³/mol. The molecule has 0 radical (unpaired) electrons. The van der Waals surface area contributed by atoms with Gasteiger partial charge in [-0.2, -0.15) is 0 Å². The van der Waals surface area contributed by atoms with E-state index >= 15 is 0 Å². The lowest BCUT2D eigenvalue weighted by atomic mass is 10.1. The number of methoxy groups -OCH3 is 3. The van der Waals surface area contributed by atoms with Crippen LogP contribution in [0.25, 0.3) is 0 Å². The minimum atomic E-state index is -0.231. The monoisotopic (exact) mass is 345 g/mol. The fourth-order valence-corrected chi connectivity index (χ4v) is 2.54. The smallest absolute Gasteiger partial charge is 0.257 e. The summed E-state index contributed by atoms with van der Waals surface area (Å²) < 4.78 is 16.0. The van der Waals surface area contributed by atoms with Gasteiger partial charge >= 0.3 is 0 Å². The fourth-order valence-electron chi connectivity index (χ4n) is 2.54. The lowest BCUT2D eigenvalue weighted by Crippen LogP contribution is -2.28. The Balaban J connectivity index is 2.13. The van der Waals surface area contributed by atoms with Crippen molar-refractivity contribution in [2.75, 3.05) is 34.9 Å². The standard InChI is InChI=1S/C19H23NO5/c1-20(19(22)14-7-5-6-8-15(14)21)10-9-13-11-16(23-2)18(25-4)17(12-13)24-3/h5-8,11-12,21H,9-10H2,1-4H3. The lowest BCUT2D eigenvalue weighted by molar-refractivity contribution is 0.0793. The molecule has 1 N–H and O–H groups in total. The van der Waals surface area contributed by atoms with Gasteiger partial charge in [-0.25, -0.2) is 0 Å². The van der Waals surface area contributed by atoms with Crippen LogP contribution in [0.2, 0.25) is 0 Å². The van der Waals surface area contributed by atoms with Gasteiger partial charge in [-0.15, -0.1) is 0 Å². The zero-order chi connectivity index (χ0) is 18.4. The normalized spacial score (nSPS) is 10.2. The van der Waals surface area contributed by atoms with E-state index in [2.05, 4.69) is 0 Å². The minimum Gasteiger partial charge on any atom is -0.507 e. The zero-order valence-corrected chi connectivity index (χ0v) is 14.9. The Morgan fingerprint density at radius 3 is 2.16 bits per heavy atom. The molecule has 0 saturated carbocycles. The summed E-state index contributed by atoms with van der Waals surface area (Å²) in [5.41, 5.74) is 1.24. The summed E-state index contributed by atoms with van der Waals surface area (Å²) in [6, 6.07) is 10.2. The van der Waals surface area contributed by atoms with Crippen LogP contribution in [-0.4, -0.2) is 50.8 Å². The van der Waals surface area contributed by atoms with E-state index in [0.717, 1.165) is 5.56 Å². The molecule has 0 aromatic heterocycles. The second-order valence-electron chi connectivity index (χ2n) is 5.53. The molecular weight excluding hydrogens is 322 g/mol. The summed E-state index contributed by atoms with van der Waals surface area (Å²) in [6.45, 7) is 0.478.